The maximum absolute atomic E-state index is 2.64. The molecule has 120 valence electrons. The third-order valence-corrected chi connectivity index (χ3v) is 5.36. The maximum Gasteiger partial charge on any atom is 0.0686 e. The van der Waals surface area contributed by atoms with Crippen LogP contribution in [0.4, 0.5) is 0 Å². The molecule has 0 aliphatic carbocycles. The molecule has 1 atom stereocenters. The summed E-state index contributed by atoms with van der Waals surface area (Å²) >= 11 is 0. The molecule has 0 unspecified atom stereocenters. The minimum atomic E-state index is -1.14. The summed E-state index contributed by atoms with van der Waals surface area (Å²) < 4.78 is 0. The van der Waals surface area contributed by atoms with Crippen LogP contribution in [0.25, 0.3) is 0 Å². The second-order valence-corrected chi connectivity index (χ2v) is 12.5. The van der Waals surface area contributed by atoms with Crippen LogP contribution in [-0.2, 0) is 6.54 Å². The number of piperidine rings is 1. The van der Waals surface area contributed by atoms with Crippen LogP contribution in [0.15, 0.2) is 53.8 Å². The van der Waals surface area contributed by atoms with Gasteiger partial charge in [0.2, 0.25) is 0 Å². The molecule has 0 amide bonds. The van der Waals surface area contributed by atoms with Gasteiger partial charge in [-0.25, -0.2) is 0 Å². The van der Waals surface area contributed by atoms with Crippen molar-refractivity contribution in [2.24, 2.45) is 5.92 Å². The fourth-order valence-electron chi connectivity index (χ4n) is 3.16. The van der Waals surface area contributed by atoms with Crippen molar-refractivity contribution < 1.29 is 0 Å². The van der Waals surface area contributed by atoms with Gasteiger partial charge in [0.1, 0.15) is 0 Å². The van der Waals surface area contributed by atoms with Gasteiger partial charge in [-0.1, -0.05) is 80.3 Å². The van der Waals surface area contributed by atoms with Crippen LogP contribution >= 0.6 is 0 Å². The second-order valence-electron chi connectivity index (χ2n) is 7.50. The molecule has 1 aliphatic rings. The largest absolute Gasteiger partial charge is 0.298 e. The van der Waals surface area contributed by atoms with Gasteiger partial charge in [0.25, 0.3) is 0 Å². The minimum absolute atomic E-state index is 0.615. The van der Waals surface area contributed by atoms with Crippen LogP contribution in [0.5, 0.6) is 0 Å². The summed E-state index contributed by atoms with van der Waals surface area (Å²) in [6.45, 7) is 13.0. The van der Waals surface area contributed by atoms with Crippen LogP contribution in [0.1, 0.15) is 25.3 Å². The number of benzene rings is 1. The van der Waals surface area contributed by atoms with Crippen molar-refractivity contribution in [3.05, 3.63) is 59.3 Å². The molecule has 2 rings (SSSR count). The predicted molar refractivity (Wildman–Crippen MR) is 101 cm³/mol. The summed E-state index contributed by atoms with van der Waals surface area (Å²) in [6.07, 6.45) is 7.16. The van der Waals surface area contributed by atoms with Crippen LogP contribution in [-0.4, -0.2) is 26.1 Å². The van der Waals surface area contributed by atoms with Gasteiger partial charge in [0.15, 0.2) is 0 Å². The highest BCUT2D eigenvalue weighted by Crippen LogP contribution is 2.27. The summed E-state index contributed by atoms with van der Waals surface area (Å²) in [5.41, 5.74) is 5.75. The average Bonchev–Trinajstić information content (AvgIpc) is 2.47. The lowest BCUT2D eigenvalue weighted by atomic mass is 9.92. The molecule has 0 aromatic heterocycles. The Hall–Kier alpha value is -1.12. The van der Waals surface area contributed by atoms with E-state index in [1.165, 1.54) is 25.1 Å². The monoisotopic (exact) mass is 313 g/mol. The van der Waals surface area contributed by atoms with Crippen molar-refractivity contribution in [1.82, 2.24) is 4.90 Å². The van der Waals surface area contributed by atoms with E-state index in [1.807, 2.05) is 0 Å². The molecule has 0 saturated carbocycles. The first-order valence-electron chi connectivity index (χ1n) is 8.62. The van der Waals surface area contributed by atoms with Gasteiger partial charge in [-0.15, -0.1) is 0 Å². The number of hydrogen-bond acceptors (Lipinski definition) is 1. The molecule has 2 heteroatoms. The Labute approximate surface area is 137 Å². The molecule has 0 radical (unpaired) electrons. The molecule has 1 heterocycles. The summed E-state index contributed by atoms with van der Waals surface area (Å²) in [7, 11) is -1.14. The Bertz CT molecular complexity index is 510. The molecule has 0 bridgehead atoms. The standard InChI is InChI=1S/C20H31NSi/c1-5-6-12-19-16-21(15-18-10-8-7-9-11-18)14-13-20(19)17-22(2,3)4/h6-12,17,19H,5,13-16H2,1-4H3/b12-6-,20-17-/t19-/m0/s1. The summed E-state index contributed by atoms with van der Waals surface area (Å²) in [5, 5.41) is 0. The third-order valence-electron chi connectivity index (χ3n) is 4.12. The molecule has 1 aromatic rings. The number of hydrogen-bond donors (Lipinski definition) is 0. The van der Waals surface area contributed by atoms with Gasteiger partial charge in [-0.05, 0) is 18.4 Å². The number of nitrogens with zero attached hydrogens (tertiary/aromatic N) is 1. The van der Waals surface area contributed by atoms with Gasteiger partial charge in [-0.3, -0.25) is 4.90 Å². The molecule has 1 nitrogen and oxygen atoms in total. The Kier molecular flexibility index (Phi) is 6.22. The van der Waals surface area contributed by atoms with E-state index in [0.29, 0.717) is 5.92 Å². The van der Waals surface area contributed by atoms with Gasteiger partial charge in [0, 0.05) is 25.6 Å². The highest BCUT2D eigenvalue weighted by atomic mass is 28.3. The number of rotatable bonds is 5. The zero-order valence-corrected chi connectivity index (χ0v) is 15.7. The van der Waals surface area contributed by atoms with E-state index in [4.69, 9.17) is 0 Å². The zero-order chi connectivity index (χ0) is 16.0. The van der Waals surface area contributed by atoms with E-state index >= 15 is 0 Å². The molecule has 1 aromatic carbocycles. The lowest BCUT2D eigenvalue weighted by Crippen LogP contribution is -2.36. The maximum atomic E-state index is 2.64. The van der Waals surface area contributed by atoms with Gasteiger partial charge < -0.3 is 0 Å². The first kappa shape index (κ1) is 17.2. The van der Waals surface area contributed by atoms with Gasteiger partial charge in [0.05, 0.1) is 8.07 Å². The molecule has 0 spiro atoms. The van der Waals surface area contributed by atoms with Crippen molar-refractivity contribution in [3.8, 4) is 0 Å². The summed E-state index contributed by atoms with van der Waals surface area (Å²) in [4.78, 5) is 2.61. The summed E-state index contributed by atoms with van der Waals surface area (Å²) in [6, 6.07) is 10.9. The third kappa shape index (κ3) is 5.58. The molecule has 1 fully saturated rings. The van der Waals surface area contributed by atoms with Crippen LogP contribution in [0.3, 0.4) is 0 Å². The first-order chi connectivity index (χ1) is 10.5. The first-order valence-corrected chi connectivity index (χ1v) is 12.2. The van der Waals surface area contributed by atoms with Crippen molar-refractivity contribution >= 4 is 8.07 Å². The molecule has 1 saturated heterocycles. The average molecular weight is 314 g/mol. The highest BCUT2D eigenvalue weighted by Gasteiger charge is 2.24. The van der Waals surface area contributed by atoms with Crippen LogP contribution in [0, 0.1) is 5.92 Å². The molecular weight excluding hydrogens is 282 g/mol. The molecule has 1 aliphatic heterocycles. The van der Waals surface area contributed by atoms with E-state index in [0.717, 1.165) is 13.0 Å². The van der Waals surface area contributed by atoms with Crippen molar-refractivity contribution in [2.75, 3.05) is 13.1 Å². The zero-order valence-electron chi connectivity index (χ0n) is 14.7. The fraction of sp³-hybridized carbons (Fsp3) is 0.500. The number of allylic oxidation sites excluding steroid dienone is 1. The Morgan fingerprint density at radius 1 is 1.18 bits per heavy atom. The van der Waals surface area contributed by atoms with E-state index in [-0.39, 0.29) is 0 Å². The molecule has 22 heavy (non-hydrogen) atoms. The lowest BCUT2D eigenvalue weighted by Gasteiger charge is -2.34. The summed E-state index contributed by atoms with van der Waals surface area (Å²) in [5.74, 6) is 0.615. The smallest absolute Gasteiger partial charge is 0.0686 e. The van der Waals surface area contributed by atoms with E-state index < -0.39 is 8.07 Å². The van der Waals surface area contributed by atoms with Gasteiger partial charge >= 0.3 is 0 Å². The van der Waals surface area contributed by atoms with Crippen molar-refractivity contribution in [3.63, 3.8) is 0 Å². The van der Waals surface area contributed by atoms with E-state index in [1.54, 1.807) is 5.57 Å². The highest BCUT2D eigenvalue weighted by molar-refractivity contribution is 6.81. The van der Waals surface area contributed by atoms with Crippen LogP contribution in [0.2, 0.25) is 19.6 Å². The van der Waals surface area contributed by atoms with Gasteiger partial charge in [-0.2, -0.15) is 0 Å². The lowest BCUT2D eigenvalue weighted by molar-refractivity contribution is 0.223. The van der Waals surface area contributed by atoms with Crippen molar-refractivity contribution in [2.45, 2.75) is 46.0 Å². The van der Waals surface area contributed by atoms with Crippen molar-refractivity contribution in [1.29, 1.82) is 0 Å². The fourth-order valence-corrected chi connectivity index (χ4v) is 4.64. The second kappa shape index (κ2) is 7.93. The number of likely N-dealkylation sites (tertiary alicyclic amines) is 1. The quantitative estimate of drug-likeness (QED) is 0.528. The van der Waals surface area contributed by atoms with E-state index in [2.05, 4.69) is 79.6 Å². The predicted octanol–water partition coefficient (Wildman–Crippen LogP) is 5.28. The van der Waals surface area contributed by atoms with E-state index in [9.17, 15) is 0 Å². The van der Waals surface area contributed by atoms with Crippen LogP contribution < -0.4 is 0 Å². The Morgan fingerprint density at radius 2 is 1.91 bits per heavy atom. The molecule has 0 N–H and O–H groups in total. The topological polar surface area (TPSA) is 3.24 Å². The Balaban J connectivity index is 2.08. The SMILES string of the molecule is CC/C=C\[C@H]1CN(Cc2ccccc2)CC/C1=C/[Si](C)(C)C. The normalized spacial score (nSPS) is 22.5. The Morgan fingerprint density at radius 3 is 2.55 bits per heavy atom. The minimum Gasteiger partial charge on any atom is -0.298 e. The molecular formula is C20H31NSi.